The molecule has 102 valence electrons. The number of nitro benzene ring substituents is 1. The second-order valence-corrected chi connectivity index (χ2v) is 3.42. The van der Waals surface area contributed by atoms with Crippen LogP contribution in [0.5, 0.6) is 5.75 Å². The van der Waals surface area contributed by atoms with Crippen LogP contribution in [0.1, 0.15) is 5.56 Å². The average molecular weight is 276 g/mol. The summed E-state index contributed by atoms with van der Waals surface area (Å²) in [5.41, 5.74) is -0.677. The Kier molecular flexibility index (Phi) is 4.29. The first kappa shape index (κ1) is 14.7. The Bertz CT molecular complexity index is 524. The topological polar surface area (TPSA) is 96.4 Å². The molecule has 1 aromatic rings. The number of rotatable bonds is 4. The van der Waals surface area contributed by atoms with Gasteiger partial charge < -0.3 is 9.84 Å². The summed E-state index contributed by atoms with van der Waals surface area (Å²) >= 11 is 0. The minimum Gasteiger partial charge on any atom is -0.484 e. The van der Waals surface area contributed by atoms with E-state index in [1.54, 1.807) is 6.07 Å². The molecule has 6 nitrogen and oxygen atoms in total. The first-order valence-corrected chi connectivity index (χ1v) is 4.82. The van der Waals surface area contributed by atoms with E-state index in [1.807, 2.05) is 0 Å². The normalized spacial score (nSPS) is 12.6. The van der Waals surface area contributed by atoms with Crippen molar-refractivity contribution in [2.75, 3.05) is 6.61 Å². The lowest BCUT2D eigenvalue weighted by atomic mass is 10.2. The molecule has 0 bridgehead atoms. The van der Waals surface area contributed by atoms with Crippen molar-refractivity contribution in [3.63, 3.8) is 0 Å². The number of alkyl halides is 3. The molecule has 0 radical (unpaired) electrons. The van der Waals surface area contributed by atoms with Gasteiger partial charge in [-0.15, -0.1) is 0 Å². The van der Waals surface area contributed by atoms with E-state index in [1.165, 1.54) is 0 Å². The molecule has 0 heterocycles. The summed E-state index contributed by atoms with van der Waals surface area (Å²) in [5, 5.41) is 27.9. The highest BCUT2D eigenvalue weighted by Crippen LogP contribution is 2.29. The van der Waals surface area contributed by atoms with Crippen molar-refractivity contribution in [3.8, 4) is 11.8 Å². The fourth-order valence-corrected chi connectivity index (χ4v) is 1.11. The Labute approximate surface area is 104 Å². The zero-order chi connectivity index (χ0) is 14.6. The van der Waals surface area contributed by atoms with Gasteiger partial charge in [-0.25, -0.2) is 0 Å². The lowest BCUT2D eigenvalue weighted by Gasteiger charge is -2.15. The molecule has 0 fully saturated rings. The van der Waals surface area contributed by atoms with Gasteiger partial charge in [0.15, 0.2) is 11.9 Å². The Balaban J connectivity index is 2.90. The van der Waals surface area contributed by atoms with Gasteiger partial charge in [0.25, 0.3) is 0 Å². The van der Waals surface area contributed by atoms with Gasteiger partial charge in [0, 0.05) is 6.07 Å². The number of ether oxygens (including phenoxy) is 1. The zero-order valence-electron chi connectivity index (χ0n) is 9.22. The van der Waals surface area contributed by atoms with Crippen molar-refractivity contribution in [2.24, 2.45) is 0 Å². The quantitative estimate of drug-likeness (QED) is 0.667. The van der Waals surface area contributed by atoms with Gasteiger partial charge in [-0.05, 0) is 12.1 Å². The maximum atomic E-state index is 12.0. The van der Waals surface area contributed by atoms with E-state index >= 15 is 0 Å². The number of nitro groups is 1. The molecule has 0 saturated heterocycles. The molecule has 9 heteroatoms. The smallest absolute Gasteiger partial charge is 0.417 e. The Morgan fingerprint density at radius 3 is 2.63 bits per heavy atom. The summed E-state index contributed by atoms with van der Waals surface area (Å²) in [7, 11) is 0. The number of nitriles is 1. The van der Waals surface area contributed by atoms with Crippen molar-refractivity contribution in [3.05, 3.63) is 33.9 Å². The van der Waals surface area contributed by atoms with Crippen molar-refractivity contribution in [1.82, 2.24) is 0 Å². The number of hydrogen-bond acceptors (Lipinski definition) is 5. The van der Waals surface area contributed by atoms with Crippen LogP contribution in [0.15, 0.2) is 18.2 Å². The molecule has 0 spiro atoms. The molecule has 0 unspecified atom stereocenters. The van der Waals surface area contributed by atoms with Gasteiger partial charge >= 0.3 is 11.9 Å². The van der Waals surface area contributed by atoms with E-state index in [0.717, 1.165) is 18.2 Å². The molecule has 19 heavy (non-hydrogen) atoms. The highest BCUT2D eigenvalue weighted by Gasteiger charge is 2.39. The first-order valence-electron chi connectivity index (χ1n) is 4.82. The van der Waals surface area contributed by atoms with E-state index in [2.05, 4.69) is 4.74 Å². The number of aliphatic hydroxyl groups is 1. The lowest BCUT2D eigenvalue weighted by Crippen LogP contribution is -2.34. The van der Waals surface area contributed by atoms with Crippen LogP contribution in [0, 0.1) is 21.4 Å². The Morgan fingerprint density at radius 2 is 2.16 bits per heavy atom. The second-order valence-electron chi connectivity index (χ2n) is 3.42. The van der Waals surface area contributed by atoms with Crippen LogP contribution in [0.2, 0.25) is 0 Å². The summed E-state index contributed by atoms with van der Waals surface area (Å²) < 4.78 is 40.6. The van der Waals surface area contributed by atoms with Crippen LogP contribution in [0.25, 0.3) is 0 Å². The van der Waals surface area contributed by atoms with E-state index < -0.39 is 35.2 Å². The predicted molar refractivity (Wildman–Crippen MR) is 55.4 cm³/mol. The minimum atomic E-state index is -4.87. The van der Waals surface area contributed by atoms with E-state index in [4.69, 9.17) is 10.4 Å². The van der Waals surface area contributed by atoms with Gasteiger partial charge in [-0.1, -0.05) is 0 Å². The van der Waals surface area contributed by atoms with E-state index in [9.17, 15) is 23.3 Å². The van der Waals surface area contributed by atoms with Crippen LogP contribution in [0.3, 0.4) is 0 Å². The van der Waals surface area contributed by atoms with Crippen molar-refractivity contribution in [2.45, 2.75) is 12.3 Å². The maximum Gasteiger partial charge on any atom is 0.417 e. The van der Waals surface area contributed by atoms with Crippen LogP contribution in [-0.4, -0.2) is 28.9 Å². The van der Waals surface area contributed by atoms with E-state index in [0.29, 0.717) is 0 Å². The monoisotopic (exact) mass is 276 g/mol. The molecule has 0 aliphatic carbocycles. The number of halogens is 3. The first-order chi connectivity index (χ1) is 8.75. The maximum absolute atomic E-state index is 12.0. The molecule has 1 atom stereocenters. The number of aliphatic hydroxyl groups excluding tert-OH is 1. The zero-order valence-corrected chi connectivity index (χ0v) is 9.22. The third kappa shape index (κ3) is 3.82. The van der Waals surface area contributed by atoms with Crippen molar-refractivity contribution in [1.29, 1.82) is 5.26 Å². The molecule has 1 rings (SSSR count). The van der Waals surface area contributed by atoms with Crippen molar-refractivity contribution < 1.29 is 27.9 Å². The fourth-order valence-electron chi connectivity index (χ4n) is 1.11. The summed E-state index contributed by atoms with van der Waals surface area (Å²) in [6.45, 7) is -1.17. The second kappa shape index (κ2) is 5.53. The molecular weight excluding hydrogens is 269 g/mol. The molecule has 0 aliphatic rings. The fraction of sp³-hybridized carbons (Fsp3) is 0.300. The van der Waals surface area contributed by atoms with Gasteiger partial charge in [0.2, 0.25) is 0 Å². The summed E-state index contributed by atoms with van der Waals surface area (Å²) in [5.74, 6) is -0.452. The largest absolute Gasteiger partial charge is 0.484 e. The molecular formula is C10H7F3N2O4. The third-order valence-corrected chi connectivity index (χ3v) is 2.06. The SMILES string of the molecule is N#Cc1ccc(OC[C@@H](O)C(F)(F)F)c([N+](=O)[O-])c1. The van der Waals surface area contributed by atoms with Crippen molar-refractivity contribution >= 4 is 5.69 Å². The standard InChI is InChI=1S/C10H7F3N2O4/c11-10(12,13)9(16)5-19-8-2-1-6(4-14)3-7(8)15(17)18/h1-3,9,16H,5H2/t9-/m1/s1. The minimum absolute atomic E-state index is 0.0320. The number of hydrogen-bond donors (Lipinski definition) is 1. The van der Waals surface area contributed by atoms with Crippen LogP contribution < -0.4 is 4.74 Å². The van der Waals surface area contributed by atoms with Crippen LogP contribution in [-0.2, 0) is 0 Å². The molecule has 1 aromatic carbocycles. The highest BCUT2D eigenvalue weighted by molar-refractivity contribution is 5.51. The summed E-state index contributed by atoms with van der Waals surface area (Å²) in [6, 6.07) is 4.67. The highest BCUT2D eigenvalue weighted by atomic mass is 19.4. The lowest BCUT2D eigenvalue weighted by molar-refractivity contribution is -0.386. The molecule has 0 aliphatic heterocycles. The predicted octanol–water partition coefficient (Wildman–Crippen LogP) is 1.77. The average Bonchev–Trinajstić information content (AvgIpc) is 2.34. The summed E-state index contributed by atoms with van der Waals surface area (Å²) in [4.78, 5) is 9.77. The van der Waals surface area contributed by atoms with Gasteiger partial charge in [-0.2, -0.15) is 18.4 Å². The van der Waals surface area contributed by atoms with Gasteiger partial charge in [0.05, 0.1) is 16.6 Å². The van der Waals surface area contributed by atoms with Gasteiger partial charge in [-0.3, -0.25) is 10.1 Å². The Morgan fingerprint density at radius 1 is 1.53 bits per heavy atom. The molecule has 0 aromatic heterocycles. The molecule has 0 saturated carbocycles. The Hall–Kier alpha value is -2.34. The number of benzene rings is 1. The number of nitrogens with zero attached hydrogens (tertiary/aromatic N) is 2. The van der Waals surface area contributed by atoms with Gasteiger partial charge in [0.1, 0.15) is 6.61 Å². The summed E-state index contributed by atoms with van der Waals surface area (Å²) in [6.07, 6.45) is -7.62. The van der Waals surface area contributed by atoms with Crippen LogP contribution >= 0.6 is 0 Å². The van der Waals surface area contributed by atoms with E-state index in [-0.39, 0.29) is 5.56 Å². The van der Waals surface area contributed by atoms with Crippen LogP contribution in [0.4, 0.5) is 18.9 Å². The third-order valence-electron chi connectivity index (χ3n) is 2.06. The molecule has 0 amide bonds. The molecule has 1 N–H and O–H groups in total.